The Kier molecular flexibility index (Phi) is 3.38. The molecule has 2 aromatic heterocycles. The van der Waals surface area contributed by atoms with Crippen molar-refractivity contribution in [2.45, 2.75) is 25.0 Å². The molecule has 0 spiro atoms. The van der Waals surface area contributed by atoms with Crippen LogP contribution in [0.5, 0.6) is 0 Å². The molecule has 1 aliphatic heterocycles. The Labute approximate surface area is 128 Å². The molecule has 1 saturated carbocycles. The zero-order valence-electron chi connectivity index (χ0n) is 12.2. The number of anilines is 2. The molecule has 2 aliphatic rings. The minimum absolute atomic E-state index is 0.0969. The molecule has 0 bridgehead atoms. The first-order chi connectivity index (χ1) is 10.8. The van der Waals surface area contributed by atoms with E-state index in [-0.39, 0.29) is 6.04 Å². The zero-order chi connectivity index (χ0) is 14.9. The fraction of sp³-hybridized carbons (Fsp3) is 0.571. The third-order valence-corrected chi connectivity index (χ3v) is 4.29. The van der Waals surface area contributed by atoms with Crippen molar-refractivity contribution in [1.82, 2.24) is 25.0 Å². The van der Waals surface area contributed by atoms with Crippen LogP contribution in [0.25, 0.3) is 0 Å². The molecule has 1 saturated heterocycles. The molecule has 2 N–H and O–H groups in total. The molecule has 3 heterocycles. The smallest absolute Gasteiger partial charge is 0.134 e. The summed E-state index contributed by atoms with van der Waals surface area (Å²) < 4.78 is 1.71. The van der Waals surface area contributed by atoms with E-state index in [1.165, 1.54) is 12.8 Å². The Balaban J connectivity index is 1.46. The SMILES string of the molecule is O[C@@H]1CN(c2cc(NCC3CC3)ncn2)C[C@H]1n1ccnn1. The van der Waals surface area contributed by atoms with Crippen molar-refractivity contribution in [1.29, 1.82) is 0 Å². The summed E-state index contributed by atoms with van der Waals surface area (Å²) in [6, 6.07) is 1.85. The van der Waals surface area contributed by atoms with Gasteiger partial charge in [-0.15, -0.1) is 5.10 Å². The molecular formula is C14H19N7O. The molecule has 8 nitrogen and oxygen atoms in total. The zero-order valence-corrected chi connectivity index (χ0v) is 12.2. The highest BCUT2D eigenvalue weighted by molar-refractivity contribution is 5.49. The molecule has 0 unspecified atom stereocenters. The van der Waals surface area contributed by atoms with Crippen molar-refractivity contribution in [2.24, 2.45) is 5.92 Å². The van der Waals surface area contributed by atoms with E-state index < -0.39 is 6.10 Å². The second-order valence-electron chi connectivity index (χ2n) is 6.01. The van der Waals surface area contributed by atoms with Gasteiger partial charge in [-0.1, -0.05) is 5.21 Å². The van der Waals surface area contributed by atoms with Crippen LogP contribution in [-0.2, 0) is 0 Å². The van der Waals surface area contributed by atoms with Crippen LogP contribution >= 0.6 is 0 Å². The van der Waals surface area contributed by atoms with Crippen molar-refractivity contribution in [3.8, 4) is 0 Å². The van der Waals surface area contributed by atoms with E-state index in [4.69, 9.17) is 0 Å². The van der Waals surface area contributed by atoms with Crippen molar-refractivity contribution < 1.29 is 5.11 Å². The Morgan fingerprint density at radius 2 is 2.18 bits per heavy atom. The highest BCUT2D eigenvalue weighted by Gasteiger charge is 2.34. The Morgan fingerprint density at radius 1 is 1.27 bits per heavy atom. The van der Waals surface area contributed by atoms with Crippen molar-refractivity contribution >= 4 is 11.6 Å². The molecule has 116 valence electrons. The number of aliphatic hydroxyl groups is 1. The van der Waals surface area contributed by atoms with E-state index in [2.05, 4.69) is 30.5 Å². The number of rotatable bonds is 5. The first-order valence-electron chi connectivity index (χ1n) is 7.64. The van der Waals surface area contributed by atoms with Crippen LogP contribution < -0.4 is 10.2 Å². The maximum absolute atomic E-state index is 10.3. The summed E-state index contributed by atoms with van der Waals surface area (Å²) in [4.78, 5) is 10.6. The van der Waals surface area contributed by atoms with Crippen molar-refractivity contribution in [2.75, 3.05) is 29.9 Å². The summed E-state index contributed by atoms with van der Waals surface area (Å²) in [5.41, 5.74) is 0. The molecule has 8 heteroatoms. The highest BCUT2D eigenvalue weighted by Crippen LogP contribution is 2.29. The molecule has 2 atom stereocenters. The number of nitrogens with one attached hydrogen (secondary N) is 1. The van der Waals surface area contributed by atoms with Gasteiger partial charge in [0.1, 0.15) is 18.0 Å². The molecule has 2 aromatic rings. The topological polar surface area (TPSA) is 92.0 Å². The standard InChI is InChI=1S/C14H19N7O/c22-12-8-20(7-11(12)21-4-3-18-19-21)14-5-13(16-9-17-14)15-6-10-1-2-10/h3-5,9-12,22H,1-2,6-8H2,(H,15,16,17)/t11-,12-/m1/s1. The van der Waals surface area contributed by atoms with Gasteiger partial charge in [0.2, 0.25) is 0 Å². The van der Waals surface area contributed by atoms with Crippen molar-refractivity contribution in [3.63, 3.8) is 0 Å². The molecule has 2 fully saturated rings. The summed E-state index contributed by atoms with van der Waals surface area (Å²) >= 11 is 0. The van der Waals surface area contributed by atoms with Gasteiger partial charge >= 0.3 is 0 Å². The number of aliphatic hydroxyl groups excluding tert-OH is 1. The quantitative estimate of drug-likeness (QED) is 0.821. The highest BCUT2D eigenvalue weighted by atomic mass is 16.3. The molecule has 0 radical (unpaired) electrons. The van der Waals surface area contributed by atoms with Gasteiger partial charge in [0.25, 0.3) is 0 Å². The van der Waals surface area contributed by atoms with Gasteiger partial charge in [0, 0.05) is 31.9 Å². The fourth-order valence-corrected chi connectivity index (χ4v) is 2.80. The Bertz CT molecular complexity index is 628. The van der Waals surface area contributed by atoms with Gasteiger partial charge in [-0.2, -0.15) is 0 Å². The number of β-amino-alcohol motifs (C(OH)–C–C–N with tert-alkyl or cyclic N) is 1. The Morgan fingerprint density at radius 3 is 2.95 bits per heavy atom. The summed E-state index contributed by atoms with van der Waals surface area (Å²) in [5, 5.41) is 21.4. The number of hydrogen-bond acceptors (Lipinski definition) is 7. The normalized spacial score (nSPS) is 24.7. The van der Waals surface area contributed by atoms with E-state index >= 15 is 0 Å². The second kappa shape index (κ2) is 5.53. The van der Waals surface area contributed by atoms with Gasteiger partial charge < -0.3 is 15.3 Å². The number of aromatic nitrogens is 5. The fourth-order valence-electron chi connectivity index (χ4n) is 2.80. The maximum Gasteiger partial charge on any atom is 0.134 e. The van der Waals surface area contributed by atoms with E-state index in [0.717, 1.165) is 24.1 Å². The average molecular weight is 301 g/mol. The molecule has 22 heavy (non-hydrogen) atoms. The minimum Gasteiger partial charge on any atom is -0.389 e. The largest absolute Gasteiger partial charge is 0.389 e. The average Bonchev–Trinajstić information content (AvgIpc) is 3.05. The predicted molar refractivity (Wildman–Crippen MR) is 80.5 cm³/mol. The lowest BCUT2D eigenvalue weighted by Gasteiger charge is -2.17. The van der Waals surface area contributed by atoms with Gasteiger partial charge in [-0.3, -0.25) is 0 Å². The third kappa shape index (κ3) is 2.74. The van der Waals surface area contributed by atoms with Crippen LogP contribution in [0.15, 0.2) is 24.8 Å². The number of hydrogen-bond donors (Lipinski definition) is 2. The maximum atomic E-state index is 10.3. The molecule has 0 aromatic carbocycles. The van der Waals surface area contributed by atoms with Crippen LogP contribution in [0.3, 0.4) is 0 Å². The van der Waals surface area contributed by atoms with E-state index in [1.807, 2.05) is 6.07 Å². The third-order valence-electron chi connectivity index (χ3n) is 4.29. The summed E-state index contributed by atoms with van der Waals surface area (Å²) in [7, 11) is 0. The molecule has 1 aliphatic carbocycles. The van der Waals surface area contributed by atoms with Crippen LogP contribution in [0.1, 0.15) is 18.9 Å². The van der Waals surface area contributed by atoms with Crippen LogP contribution in [-0.4, -0.2) is 55.8 Å². The second-order valence-corrected chi connectivity index (χ2v) is 6.01. The first-order valence-corrected chi connectivity index (χ1v) is 7.64. The lowest BCUT2D eigenvalue weighted by Crippen LogP contribution is -2.22. The van der Waals surface area contributed by atoms with E-state index in [1.54, 1.807) is 23.4 Å². The van der Waals surface area contributed by atoms with Crippen molar-refractivity contribution in [3.05, 3.63) is 24.8 Å². The van der Waals surface area contributed by atoms with Crippen LogP contribution in [0.2, 0.25) is 0 Å². The van der Waals surface area contributed by atoms with Crippen LogP contribution in [0.4, 0.5) is 11.6 Å². The van der Waals surface area contributed by atoms with Crippen LogP contribution in [0, 0.1) is 5.92 Å². The summed E-state index contributed by atoms with van der Waals surface area (Å²) in [6.07, 6.45) is 7.10. The monoisotopic (exact) mass is 301 g/mol. The predicted octanol–water partition coefficient (Wildman–Crippen LogP) is 0.312. The van der Waals surface area contributed by atoms with E-state index in [9.17, 15) is 5.11 Å². The lowest BCUT2D eigenvalue weighted by molar-refractivity contribution is 0.144. The summed E-state index contributed by atoms with van der Waals surface area (Å²) in [6.45, 7) is 2.16. The van der Waals surface area contributed by atoms with E-state index in [0.29, 0.717) is 13.1 Å². The van der Waals surface area contributed by atoms with Gasteiger partial charge in [-0.25, -0.2) is 14.6 Å². The Hall–Kier alpha value is -2.22. The number of nitrogens with zero attached hydrogens (tertiary/aromatic N) is 6. The van der Waals surface area contributed by atoms with Gasteiger partial charge in [-0.05, 0) is 18.8 Å². The lowest BCUT2D eigenvalue weighted by atomic mass is 10.2. The van der Waals surface area contributed by atoms with Gasteiger partial charge in [0.05, 0.1) is 18.3 Å². The molecule has 0 amide bonds. The molecular weight excluding hydrogens is 282 g/mol. The molecule has 4 rings (SSSR count). The van der Waals surface area contributed by atoms with Gasteiger partial charge in [0.15, 0.2) is 0 Å². The summed E-state index contributed by atoms with van der Waals surface area (Å²) in [5.74, 6) is 2.47. The minimum atomic E-state index is -0.487. The first kappa shape index (κ1) is 13.4.